The van der Waals surface area contributed by atoms with Crippen LogP contribution in [0.4, 0.5) is 0 Å². The second-order valence-electron chi connectivity index (χ2n) is 5.71. The van der Waals surface area contributed by atoms with E-state index in [1.54, 1.807) is 0 Å². The first-order chi connectivity index (χ1) is 8.26. The van der Waals surface area contributed by atoms with E-state index in [4.69, 9.17) is 4.74 Å². The second-order valence-corrected chi connectivity index (χ2v) is 5.71. The van der Waals surface area contributed by atoms with E-state index in [1.165, 1.54) is 38.5 Å². The van der Waals surface area contributed by atoms with Crippen LogP contribution in [0.5, 0.6) is 0 Å². The molecular weight excluding hydrogens is 210 g/mol. The quantitative estimate of drug-likeness (QED) is 0.656. The summed E-state index contributed by atoms with van der Waals surface area (Å²) in [4.78, 5) is 0. The van der Waals surface area contributed by atoms with Crippen molar-refractivity contribution in [3.05, 3.63) is 0 Å². The van der Waals surface area contributed by atoms with E-state index in [1.807, 2.05) is 0 Å². The van der Waals surface area contributed by atoms with Crippen LogP contribution in [0.1, 0.15) is 59.3 Å². The molecule has 102 valence electrons. The molecule has 0 aromatic carbocycles. The molecule has 0 bridgehead atoms. The Morgan fingerprint density at radius 2 is 2.12 bits per heavy atom. The third kappa shape index (κ3) is 6.42. The fourth-order valence-corrected chi connectivity index (χ4v) is 2.65. The maximum atomic E-state index is 6.07. The molecule has 0 aliphatic heterocycles. The lowest BCUT2D eigenvalue weighted by Gasteiger charge is -2.29. The molecular formula is C15H31NO. The van der Waals surface area contributed by atoms with Gasteiger partial charge in [-0.25, -0.2) is 0 Å². The minimum absolute atomic E-state index is 0.544. The van der Waals surface area contributed by atoms with Crippen LogP contribution >= 0.6 is 0 Å². The summed E-state index contributed by atoms with van der Waals surface area (Å²) in [7, 11) is 0. The molecule has 1 rings (SSSR count). The van der Waals surface area contributed by atoms with Crippen LogP contribution in [0.3, 0.4) is 0 Å². The zero-order chi connectivity index (χ0) is 12.5. The van der Waals surface area contributed by atoms with Crippen LogP contribution < -0.4 is 5.32 Å². The van der Waals surface area contributed by atoms with E-state index in [2.05, 4.69) is 26.1 Å². The van der Waals surface area contributed by atoms with E-state index in [0.717, 1.165) is 25.6 Å². The van der Waals surface area contributed by atoms with E-state index >= 15 is 0 Å². The topological polar surface area (TPSA) is 21.3 Å². The number of hydrogen-bond acceptors (Lipinski definition) is 2. The molecule has 0 aromatic rings. The molecule has 1 aliphatic carbocycles. The van der Waals surface area contributed by atoms with E-state index < -0.39 is 0 Å². The predicted molar refractivity (Wildman–Crippen MR) is 74.3 cm³/mol. The molecule has 0 heterocycles. The highest BCUT2D eigenvalue weighted by atomic mass is 16.5. The Bertz CT molecular complexity index is 184. The van der Waals surface area contributed by atoms with E-state index in [0.29, 0.717) is 12.0 Å². The van der Waals surface area contributed by atoms with Crippen molar-refractivity contribution < 1.29 is 4.74 Å². The second kappa shape index (κ2) is 8.93. The lowest BCUT2D eigenvalue weighted by atomic mass is 9.85. The third-order valence-electron chi connectivity index (χ3n) is 3.85. The van der Waals surface area contributed by atoms with Gasteiger partial charge in [-0.15, -0.1) is 0 Å². The van der Waals surface area contributed by atoms with Gasteiger partial charge in [0.1, 0.15) is 0 Å². The summed E-state index contributed by atoms with van der Waals surface area (Å²) in [6.07, 6.45) is 8.46. The minimum Gasteiger partial charge on any atom is -0.378 e. The maximum Gasteiger partial charge on any atom is 0.0578 e. The van der Waals surface area contributed by atoms with Crippen LogP contribution in [0.15, 0.2) is 0 Å². The largest absolute Gasteiger partial charge is 0.378 e. The summed E-state index contributed by atoms with van der Waals surface area (Å²) in [5, 5.41) is 3.46. The van der Waals surface area contributed by atoms with Crippen molar-refractivity contribution in [2.75, 3.05) is 19.7 Å². The van der Waals surface area contributed by atoms with Crippen molar-refractivity contribution >= 4 is 0 Å². The summed E-state index contributed by atoms with van der Waals surface area (Å²) >= 11 is 0. The molecule has 3 atom stereocenters. The Morgan fingerprint density at radius 3 is 2.82 bits per heavy atom. The Kier molecular flexibility index (Phi) is 7.87. The molecule has 0 amide bonds. The van der Waals surface area contributed by atoms with Gasteiger partial charge in [0, 0.05) is 0 Å². The third-order valence-corrected chi connectivity index (χ3v) is 3.85. The van der Waals surface area contributed by atoms with Gasteiger partial charge < -0.3 is 10.1 Å². The predicted octanol–water partition coefficient (Wildman–Crippen LogP) is 3.61. The van der Waals surface area contributed by atoms with Crippen LogP contribution in [0, 0.1) is 11.8 Å². The van der Waals surface area contributed by atoms with Gasteiger partial charge in [-0.1, -0.05) is 40.0 Å². The van der Waals surface area contributed by atoms with E-state index in [-0.39, 0.29) is 0 Å². The van der Waals surface area contributed by atoms with Gasteiger partial charge in [0.05, 0.1) is 12.7 Å². The average molecular weight is 241 g/mol. The fraction of sp³-hybridized carbons (Fsp3) is 1.00. The smallest absolute Gasteiger partial charge is 0.0578 e. The molecule has 1 N–H and O–H groups in total. The van der Waals surface area contributed by atoms with Gasteiger partial charge >= 0.3 is 0 Å². The van der Waals surface area contributed by atoms with Crippen LogP contribution in [-0.4, -0.2) is 25.8 Å². The summed E-state index contributed by atoms with van der Waals surface area (Å²) in [5.41, 5.74) is 0. The lowest BCUT2D eigenvalue weighted by Crippen LogP contribution is -2.28. The highest BCUT2D eigenvalue weighted by Crippen LogP contribution is 2.28. The molecule has 1 fully saturated rings. The molecule has 0 saturated heterocycles. The minimum atomic E-state index is 0.544. The first kappa shape index (κ1) is 15.0. The Balaban J connectivity index is 2.08. The molecule has 0 aromatic heterocycles. The van der Waals surface area contributed by atoms with Crippen LogP contribution in [0.2, 0.25) is 0 Å². The van der Waals surface area contributed by atoms with Gasteiger partial charge in [-0.2, -0.15) is 0 Å². The van der Waals surface area contributed by atoms with Crippen molar-refractivity contribution in [1.29, 1.82) is 0 Å². The van der Waals surface area contributed by atoms with Gasteiger partial charge in [-0.05, 0) is 44.2 Å². The number of nitrogens with one attached hydrogen (secondary N) is 1. The fourth-order valence-electron chi connectivity index (χ4n) is 2.65. The van der Waals surface area contributed by atoms with Gasteiger partial charge in [0.25, 0.3) is 0 Å². The van der Waals surface area contributed by atoms with Gasteiger partial charge in [0.15, 0.2) is 0 Å². The number of ether oxygens (including phenoxy) is 1. The van der Waals surface area contributed by atoms with Gasteiger partial charge in [-0.3, -0.25) is 0 Å². The summed E-state index contributed by atoms with van der Waals surface area (Å²) in [6, 6.07) is 0. The summed E-state index contributed by atoms with van der Waals surface area (Å²) in [6.45, 7) is 9.95. The zero-order valence-electron chi connectivity index (χ0n) is 12.0. The highest BCUT2D eigenvalue weighted by Gasteiger charge is 2.21. The molecule has 17 heavy (non-hydrogen) atoms. The van der Waals surface area contributed by atoms with Crippen molar-refractivity contribution in [1.82, 2.24) is 5.32 Å². The summed E-state index contributed by atoms with van der Waals surface area (Å²) < 4.78 is 6.07. The molecule has 2 heteroatoms. The van der Waals surface area contributed by atoms with Crippen molar-refractivity contribution in [2.24, 2.45) is 11.8 Å². The highest BCUT2D eigenvalue weighted by molar-refractivity contribution is 4.73. The molecule has 0 radical (unpaired) electrons. The molecule has 1 saturated carbocycles. The Labute approximate surface area is 108 Å². The zero-order valence-corrected chi connectivity index (χ0v) is 12.0. The molecule has 1 aliphatic rings. The maximum absolute atomic E-state index is 6.07. The molecule has 3 unspecified atom stereocenters. The standard InChI is InChI=1S/C15H31NO/c1-4-9-16-11-13(3)12-17-15-8-6-7-14(5-2)10-15/h13-16H,4-12H2,1-3H3. The lowest BCUT2D eigenvalue weighted by molar-refractivity contribution is -0.00286. The van der Waals surface area contributed by atoms with Crippen molar-refractivity contribution in [3.63, 3.8) is 0 Å². The van der Waals surface area contributed by atoms with E-state index in [9.17, 15) is 0 Å². The average Bonchev–Trinajstić information content (AvgIpc) is 2.37. The first-order valence-electron chi connectivity index (χ1n) is 7.58. The number of hydrogen-bond donors (Lipinski definition) is 1. The molecule has 0 spiro atoms. The number of rotatable bonds is 8. The van der Waals surface area contributed by atoms with Crippen molar-refractivity contribution in [3.8, 4) is 0 Å². The summed E-state index contributed by atoms with van der Waals surface area (Å²) in [5.74, 6) is 1.56. The Hall–Kier alpha value is -0.0800. The monoisotopic (exact) mass is 241 g/mol. The van der Waals surface area contributed by atoms with Crippen LogP contribution in [-0.2, 0) is 4.74 Å². The first-order valence-corrected chi connectivity index (χ1v) is 7.58. The van der Waals surface area contributed by atoms with Crippen molar-refractivity contribution in [2.45, 2.75) is 65.4 Å². The van der Waals surface area contributed by atoms with Crippen LogP contribution in [0.25, 0.3) is 0 Å². The molecule has 2 nitrogen and oxygen atoms in total. The van der Waals surface area contributed by atoms with Gasteiger partial charge in [0.2, 0.25) is 0 Å². The SMILES string of the molecule is CCCNCC(C)COC1CCCC(CC)C1. The Morgan fingerprint density at radius 1 is 1.29 bits per heavy atom. The normalized spacial score (nSPS) is 27.0.